The molecule has 0 unspecified atom stereocenters. The summed E-state index contributed by atoms with van der Waals surface area (Å²) in [6, 6.07) is 15.0. The average Bonchev–Trinajstić information content (AvgIpc) is 2.85. The van der Waals surface area contributed by atoms with Crippen molar-refractivity contribution in [2.45, 2.75) is 65.3 Å². The molecule has 0 saturated carbocycles. The number of ether oxygens (including phenoxy) is 1. The smallest absolute Gasteiger partial charge is 0.408 e. The molecule has 9 nitrogen and oxygen atoms in total. The zero-order valence-electron chi connectivity index (χ0n) is 21.8. The van der Waals surface area contributed by atoms with Crippen molar-refractivity contribution < 1.29 is 29.0 Å². The Labute approximate surface area is 218 Å². The van der Waals surface area contributed by atoms with Gasteiger partial charge >= 0.3 is 12.1 Å². The van der Waals surface area contributed by atoms with Gasteiger partial charge in [0.05, 0.1) is 0 Å². The molecular formula is C28H37N3O6. The molecule has 0 aromatic heterocycles. The van der Waals surface area contributed by atoms with E-state index in [0.717, 1.165) is 11.1 Å². The Hall–Kier alpha value is -3.88. The maximum absolute atomic E-state index is 13.1. The lowest BCUT2D eigenvalue weighted by Crippen LogP contribution is -2.57. The van der Waals surface area contributed by atoms with Crippen LogP contribution >= 0.6 is 0 Å². The van der Waals surface area contributed by atoms with Gasteiger partial charge in [0.2, 0.25) is 11.8 Å². The Bertz CT molecular complexity index is 1030. The van der Waals surface area contributed by atoms with Crippen LogP contribution in [0, 0.1) is 11.8 Å². The molecule has 37 heavy (non-hydrogen) atoms. The number of hydrogen-bond acceptors (Lipinski definition) is 5. The third-order valence-corrected chi connectivity index (χ3v) is 5.67. The number of alkyl carbamates (subject to hydrolysis) is 1. The molecule has 2 rings (SSSR count). The van der Waals surface area contributed by atoms with Crippen molar-refractivity contribution in [3.63, 3.8) is 0 Å². The van der Waals surface area contributed by atoms with Crippen molar-refractivity contribution in [2.75, 3.05) is 0 Å². The summed E-state index contributed by atoms with van der Waals surface area (Å²) in [6.07, 6.45) is -0.358. The van der Waals surface area contributed by atoms with Gasteiger partial charge in [-0.2, -0.15) is 0 Å². The molecule has 0 radical (unpaired) electrons. The van der Waals surface area contributed by atoms with Crippen molar-refractivity contribution in [1.29, 1.82) is 0 Å². The molecule has 0 bridgehead atoms. The first kappa shape index (κ1) is 29.4. The minimum atomic E-state index is -1.17. The van der Waals surface area contributed by atoms with Gasteiger partial charge in [0.15, 0.2) is 0 Å². The summed E-state index contributed by atoms with van der Waals surface area (Å²) in [5.74, 6) is -2.58. The van der Waals surface area contributed by atoms with Crippen molar-refractivity contribution in [1.82, 2.24) is 16.0 Å². The molecule has 0 heterocycles. The van der Waals surface area contributed by atoms with Gasteiger partial charge in [0.1, 0.15) is 24.7 Å². The van der Waals surface area contributed by atoms with E-state index in [-0.39, 0.29) is 24.9 Å². The number of hydrogen-bond donors (Lipinski definition) is 4. The van der Waals surface area contributed by atoms with Crippen LogP contribution in [0.15, 0.2) is 60.7 Å². The molecule has 0 aliphatic carbocycles. The van der Waals surface area contributed by atoms with Crippen molar-refractivity contribution in [3.05, 3.63) is 71.8 Å². The third kappa shape index (κ3) is 10.3. The van der Waals surface area contributed by atoms with E-state index in [2.05, 4.69) is 16.0 Å². The lowest BCUT2D eigenvalue weighted by Gasteiger charge is -2.27. The van der Waals surface area contributed by atoms with E-state index in [1.165, 1.54) is 0 Å². The van der Waals surface area contributed by atoms with Crippen LogP contribution in [-0.2, 0) is 32.1 Å². The number of nitrogens with one attached hydrogen (secondary N) is 3. The quantitative estimate of drug-likeness (QED) is 0.326. The van der Waals surface area contributed by atoms with E-state index in [1.807, 2.05) is 50.2 Å². The zero-order valence-corrected chi connectivity index (χ0v) is 21.8. The van der Waals surface area contributed by atoms with Gasteiger partial charge in [-0.25, -0.2) is 9.59 Å². The van der Waals surface area contributed by atoms with Crippen LogP contribution in [0.1, 0.15) is 45.2 Å². The molecule has 9 heteroatoms. The molecule has 0 aliphatic rings. The number of carboxylic acid groups (broad SMARTS) is 1. The minimum Gasteiger partial charge on any atom is -0.480 e. The van der Waals surface area contributed by atoms with Gasteiger partial charge in [-0.1, -0.05) is 88.4 Å². The number of amides is 3. The van der Waals surface area contributed by atoms with Gasteiger partial charge in [-0.15, -0.1) is 0 Å². The summed E-state index contributed by atoms with van der Waals surface area (Å²) in [7, 11) is 0. The fourth-order valence-electron chi connectivity index (χ4n) is 3.71. The molecule has 2 aromatic rings. The van der Waals surface area contributed by atoms with Crippen molar-refractivity contribution >= 4 is 23.9 Å². The lowest BCUT2D eigenvalue weighted by molar-refractivity contribution is -0.142. The molecule has 4 N–H and O–H groups in total. The van der Waals surface area contributed by atoms with Gasteiger partial charge in [-0.3, -0.25) is 9.59 Å². The van der Waals surface area contributed by atoms with Crippen LogP contribution in [-0.4, -0.2) is 47.1 Å². The number of benzene rings is 2. The standard InChI is InChI=1S/C28H37N3O6/c1-18(2)15-22(25(32)30-23(27(34)35)16-20-11-7-5-8-12-20)29-26(33)24(19(3)4)31-28(36)37-17-21-13-9-6-10-14-21/h5-14,18-19,22-24H,15-17H2,1-4H3,(H,29,33)(H,30,32)(H,31,36)(H,34,35)/t22-,23-,24-/m0/s1. The topological polar surface area (TPSA) is 134 Å². The van der Waals surface area contributed by atoms with Crippen molar-refractivity contribution in [2.24, 2.45) is 11.8 Å². The Morgan fingerprint density at radius 1 is 0.757 bits per heavy atom. The largest absolute Gasteiger partial charge is 0.480 e. The highest BCUT2D eigenvalue weighted by atomic mass is 16.5. The molecular weight excluding hydrogens is 474 g/mol. The lowest BCUT2D eigenvalue weighted by atomic mass is 9.99. The molecule has 0 saturated heterocycles. The first-order valence-electron chi connectivity index (χ1n) is 12.4. The second-order valence-electron chi connectivity index (χ2n) is 9.71. The van der Waals surface area contributed by atoms with Gasteiger partial charge in [-0.05, 0) is 29.4 Å². The van der Waals surface area contributed by atoms with E-state index in [1.54, 1.807) is 38.1 Å². The highest BCUT2D eigenvalue weighted by Crippen LogP contribution is 2.10. The molecule has 0 spiro atoms. The van der Waals surface area contributed by atoms with Crippen molar-refractivity contribution in [3.8, 4) is 0 Å². The Morgan fingerprint density at radius 2 is 1.30 bits per heavy atom. The van der Waals surface area contributed by atoms with Crippen LogP contribution in [0.3, 0.4) is 0 Å². The summed E-state index contributed by atoms with van der Waals surface area (Å²) < 4.78 is 5.24. The molecule has 3 amide bonds. The third-order valence-electron chi connectivity index (χ3n) is 5.67. The van der Waals surface area contributed by atoms with Crippen LogP contribution in [0.5, 0.6) is 0 Å². The monoisotopic (exact) mass is 511 g/mol. The van der Waals surface area contributed by atoms with E-state index in [4.69, 9.17) is 4.74 Å². The summed E-state index contributed by atoms with van der Waals surface area (Å²) in [4.78, 5) is 50.4. The Kier molecular flexibility index (Phi) is 11.6. The number of aliphatic carboxylic acids is 1. The molecule has 2 aromatic carbocycles. The molecule has 3 atom stereocenters. The highest BCUT2D eigenvalue weighted by Gasteiger charge is 2.31. The predicted molar refractivity (Wildman–Crippen MR) is 139 cm³/mol. The Morgan fingerprint density at radius 3 is 1.81 bits per heavy atom. The maximum atomic E-state index is 13.1. The number of carbonyl (C=O) groups excluding carboxylic acids is 3. The Balaban J connectivity index is 2.05. The summed E-state index contributed by atoms with van der Waals surface area (Å²) >= 11 is 0. The number of carboxylic acids is 1. The fraction of sp³-hybridized carbons (Fsp3) is 0.429. The van der Waals surface area contributed by atoms with Crippen LogP contribution < -0.4 is 16.0 Å². The summed E-state index contributed by atoms with van der Waals surface area (Å²) in [5.41, 5.74) is 1.57. The predicted octanol–water partition coefficient (Wildman–Crippen LogP) is 3.28. The zero-order chi connectivity index (χ0) is 27.4. The molecule has 200 valence electrons. The van der Waals surface area contributed by atoms with Crippen LogP contribution in [0.2, 0.25) is 0 Å². The highest BCUT2D eigenvalue weighted by molar-refractivity contribution is 5.93. The normalized spacial score (nSPS) is 13.4. The maximum Gasteiger partial charge on any atom is 0.408 e. The molecule has 0 aliphatic heterocycles. The van der Waals surface area contributed by atoms with Gasteiger partial charge in [0.25, 0.3) is 0 Å². The van der Waals surface area contributed by atoms with E-state index in [0.29, 0.717) is 6.42 Å². The van der Waals surface area contributed by atoms with E-state index in [9.17, 15) is 24.3 Å². The first-order chi connectivity index (χ1) is 17.6. The van der Waals surface area contributed by atoms with Crippen LogP contribution in [0.25, 0.3) is 0 Å². The summed E-state index contributed by atoms with van der Waals surface area (Å²) in [6.45, 7) is 7.36. The molecule has 0 fully saturated rings. The second kappa shape index (κ2) is 14.6. The van der Waals surface area contributed by atoms with Gasteiger partial charge in [0, 0.05) is 6.42 Å². The van der Waals surface area contributed by atoms with Gasteiger partial charge < -0.3 is 25.8 Å². The SMILES string of the molecule is CC(C)C[C@H](NC(=O)[C@@H](NC(=O)OCc1ccccc1)C(C)C)C(=O)N[C@@H](Cc1ccccc1)C(=O)O. The minimum absolute atomic E-state index is 0.0368. The second-order valence-corrected chi connectivity index (χ2v) is 9.71. The first-order valence-corrected chi connectivity index (χ1v) is 12.4. The van der Waals surface area contributed by atoms with Crippen LogP contribution in [0.4, 0.5) is 4.79 Å². The number of rotatable bonds is 13. The average molecular weight is 512 g/mol. The number of carbonyl (C=O) groups is 4. The van der Waals surface area contributed by atoms with E-state index >= 15 is 0 Å². The summed E-state index contributed by atoms with van der Waals surface area (Å²) in [5, 5.41) is 17.5. The van der Waals surface area contributed by atoms with E-state index < -0.39 is 42.0 Å². The fourth-order valence-corrected chi connectivity index (χ4v) is 3.71.